The Morgan fingerprint density at radius 1 is 0.931 bits per heavy atom. The van der Waals surface area contributed by atoms with Gasteiger partial charge >= 0.3 is 0 Å². The molecule has 4 rings (SSSR count). The molecule has 0 aliphatic carbocycles. The van der Waals surface area contributed by atoms with E-state index in [2.05, 4.69) is 22.4 Å². The molecule has 148 valence electrons. The lowest BCUT2D eigenvalue weighted by Gasteiger charge is -2.21. The number of nitrogens with one attached hydrogen (secondary N) is 2. The molecule has 0 amide bonds. The van der Waals surface area contributed by atoms with Gasteiger partial charge in [0.15, 0.2) is 0 Å². The molecule has 0 bridgehead atoms. The summed E-state index contributed by atoms with van der Waals surface area (Å²) in [6.45, 7) is 0. The zero-order chi connectivity index (χ0) is 20.2. The third kappa shape index (κ3) is 4.19. The van der Waals surface area contributed by atoms with E-state index in [1.165, 1.54) is 23.1 Å². The van der Waals surface area contributed by atoms with Crippen LogP contribution in [0.5, 0.6) is 11.5 Å². The second-order valence-electron chi connectivity index (χ2n) is 6.91. The molecule has 4 nitrogen and oxygen atoms in total. The number of anilines is 1. The van der Waals surface area contributed by atoms with Crippen molar-refractivity contribution in [1.82, 2.24) is 4.98 Å². The van der Waals surface area contributed by atoms with E-state index < -0.39 is 0 Å². The van der Waals surface area contributed by atoms with Crippen molar-refractivity contribution in [2.24, 2.45) is 0 Å². The minimum Gasteiger partial charge on any atom is -0.497 e. The van der Waals surface area contributed by atoms with Crippen molar-refractivity contribution in [2.75, 3.05) is 19.5 Å². The normalized spacial score (nSPS) is 12.0. The number of methoxy groups -OCH3 is 2. The quantitative estimate of drug-likeness (QED) is 0.424. The van der Waals surface area contributed by atoms with Crippen molar-refractivity contribution in [2.45, 2.75) is 12.5 Å². The average molecular weight is 390 g/mol. The van der Waals surface area contributed by atoms with Crippen molar-refractivity contribution in [1.29, 1.82) is 0 Å². The smallest absolute Gasteiger partial charge is 0.124 e. The molecule has 0 saturated heterocycles. The molecular formula is C24H23FN2O2. The van der Waals surface area contributed by atoms with E-state index in [9.17, 15) is 4.39 Å². The van der Waals surface area contributed by atoms with E-state index in [0.29, 0.717) is 11.5 Å². The van der Waals surface area contributed by atoms with Crippen molar-refractivity contribution >= 4 is 16.6 Å². The lowest BCUT2D eigenvalue weighted by Crippen LogP contribution is -2.14. The first-order chi connectivity index (χ1) is 14.2. The van der Waals surface area contributed by atoms with Gasteiger partial charge < -0.3 is 19.8 Å². The Balaban J connectivity index is 1.70. The Morgan fingerprint density at radius 3 is 2.31 bits per heavy atom. The molecule has 2 N–H and O–H groups in total. The Labute approximate surface area is 169 Å². The van der Waals surface area contributed by atoms with Crippen LogP contribution in [0.2, 0.25) is 0 Å². The second-order valence-corrected chi connectivity index (χ2v) is 6.91. The van der Waals surface area contributed by atoms with E-state index in [-0.39, 0.29) is 11.9 Å². The topological polar surface area (TPSA) is 46.3 Å². The first-order valence-electron chi connectivity index (χ1n) is 9.46. The molecule has 0 aliphatic rings. The molecule has 1 atom stereocenters. The molecule has 0 fully saturated rings. The number of ether oxygens (including phenoxy) is 2. The number of para-hydroxylation sites is 1. The minimum atomic E-state index is -0.248. The minimum absolute atomic E-state index is 0.0633. The number of aromatic amines is 1. The number of rotatable bonds is 7. The summed E-state index contributed by atoms with van der Waals surface area (Å²) < 4.78 is 24.3. The summed E-state index contributed by atoms with van der Waals surface area (Å²) in [6, 6.07) is 20.5. The maximum Gasteiger partial charge on any atom is 0.124 e. The number of hydrogen-bond acceptors (Lipinski definition) is 3. The van der Waals surface area contributed by atoms with Crippen LogP contribution >= 0.6 is 0 Å². The summed E-state index contributed by atoms with van der Waals surface area (Å²) in [7, 11) is 3.25. The SMILES string of the molecule is COc1cc(NC(Cc2c[nH]c3ccccc23)c2ccc(F)cc2)cc(OC)c1. The molecule has 0 spiro atoms. The molecule has 0 aliphatic heterocycles. The fourth-order valence-corrected chi connectivity index (χ4v) is 3.56. The van der Waals surface area contributed by atoms with E-state index in [1.807, 2.05) is 48.7 Å². The summed E-state index contributed by atoms with van der Waals surface area (Å²) in [5, 5.41) is 4.76. The zero-order valence-corrected chi connectivity index (χ0v) is 16.4. The van der Waals surface area contributed by atoms with Crippen LogP contribution in [0.1, 0.15) is 17.2 Å². The van der Waals surface area contributed by atoms with Gasteiger partial charge in [0.05, 0.1) is 20.3 Å². The van der Waals surface area contributed by atoms with Gasteiger partial charge in [-0.1, -0.05) is 30.3 Å². The van der Waals surface area contributed by atoms with Gasteiger partial charge in [0.1, 0.15) is 17.3 Å². The largest absolute Gasteiger partial charge is 0.497 e. The van der Waals surface area contributed by atoms with Crippen LogP contribution in [-0.2, 0) is 6.42 Å². The van der Waals surface area contributed by atoms with E-state index in [4.69, 9.17) is 9.47 Å². The van der Waals surface area contributed by atoms with Crippen molar-refractivity contribution in [3.63, 3.8) is 0 Å². The molecule has 0 radical (unpaired) electrons. The summed E-state index contributed by atoms with van der Waals surface area (Å²) >= 11 is 0. The number of H-pyrrole nitrogens is 1. The summed E-state index contributed by atoms with van der Waals surface area (Å²) in [5.74, 6) is 1.16. The summed E-state index contributed by atoms with van der Waals surface area (Å²) in [6.07, 6.45) is 2.77. The van der Waals surface area contributed by atoms with Gasteiger partial charge in [-0.3, -0.25) is 0 Å². The fourth-order valence-electron chi connectivity index (χ4n) is 3.56. The Hall–Kier alpha value is -3.47. The van der Waals surface area contributed by atoms with Crippen LogP contribution in [0.25, 0.3) is 10.9 Å². The van der Waals surface area contributed by atoms with Crippen LogP contribution < -0.4 is 14.8 Å². The van der Waals surface area contributed by atoms with E-state index in [1.54, 1.807) is 14.2 Å². The highest BCUT2D eigenvalue weighted by atomic mass is 19.1. The highest BCUT2D eigenvalue weighted by Gasteiger charge is 2.16. The number of aromatic nitrogens is 1. The molecule has 1 heterocycles. The predicted octanol–water partition coefficient (Wildman–Crippen LogP) is 5.72. The zero-order valence-electron chi connectivity index (χ0n) is 16.4. The van der Waals surface area contributed by atoms with Gasteiger partial charge in [-0.15, -0.1) is 0 Å². The summed E-state index contributed by atoms with van der Waals surface area (Å²) in [5.41, 5.74) is 4.16. The van der Waals surface area contributed by atoms with Gasteiger partial charge in [-0.25, -0.2) is 4.39 Å². The first-order valence-corrected chi connectivity index (χ1v) is 9.46. The van der Waals surface area contributed by atoms with Gasteiger partial charge in [0, 0.05) is 41.0 Å². The van der Waals surface area contributed by atoms with E-state index in [0.717, 1.165) is 23.2 Å². The average Bonchev–Trinajstić information content (AvgIpc) is 3.16. The third-order valence-electron chi connectivity index (χ3n) is 5.06. The van der Waals surface area contributed by atoms with Gasteiger partial charge in [0.2, 0.25) is 0 Å². The monoisotopic (exact) mass is 390 g/mol. The van der Waals surface area contributed by atoms with E-state index >= 15 is 0 Å². The number of benzene rings is 3. The number of fused-ring (bicyclic) bond motifs is 1. The third-order valence-corrected chi connectivity index (χ3v) is 5.06. The number of halogens is 1. The molecule has 1 aromatic heterocycles. The molecular weight excluding hydrogens is 367 g/mol. The lowest BCUT2D eigenvalue weighted by atomic mass is 9.98. The highest BCUT2D eigenvalue weighted by Crippen LogP contribution is 2.31. The van der Waals surface area contributed by atoms with Gasteiger partial charge in [-0.05, 0) is 35.7 Å². The van der Waals surface area contributed by atoms with Crippen molar-refractivity contribution in [3.05, 3.63) is 89.9 Å². The van der Waals surface area contributed by atoms with Crippen molar-refractivity contribution in [3.8, 4) is 11.5 Å². The second kappa shape index (κ2) is 8.27. The maximum absolute atomic E-state index is 13.5. The molecule has 0 saturated carbocycles. The van der Waals surface area contributed by atoms with Gasteiger partial charge in [-0.2, -0.15) is 0 Å². The molecule has 4 aromatic rings. The van der Waals surface area contributed by atoms with Crippen LogP contribution in [0.3, 0.4) is 0 Å². The summed E-state index contributed by atoms with van der Waals surface area (Å²) in [4.78, 5) is 3.33. The molecule has 5 heteroatoms. The maximum atomic E-state index is 13.5. The highest BCUT2D eigenvalue weighted by molar-refractivity contribution is 5.83. The molecule has 3 aromatic carbocycles. The van der Waals surface area contributed by atoms with Crippen LogP contribution in [-0.4, -0.2) is 19.2 Å². The number of hydrogen-bond donors (Lipinski definition) is 2. The first kappa shape index (κ1) is 18.9. The van der Waals surface area contributed by atoms with Gasteiger partial charge in [0.25, 0.3) is 0 Å². The van der Waals surface area contributed by atoms with Crippen LogP contribution in [0, 0.1) is 5.82 Å². The lowest BCUT2D eigenvalue weighted by molar-refractivity contribution is 0.394. The van der Waals surface area contributed by atoms with Crippen LogP contribution in [0.4, 0.5) is 10.1 Å². The molecule has 1 unspecified atom stereocenters. The van der Waals surface area contributed by atoms with Crippen LogP contribution in [0.15, 0.2) is 72.9 Å². The Bertz CT molecular complexity index is 1080. The Morgan fingerprint density at radius 2 is 1.62 bits per heavy atom. The fraction of sp³-hybridized carbons (Fsp3) is 0.167. The van der Waals surface area contributed by atoms with Crippen molar-refractivity contribution < 1.29 is 13.9 Å². The molecule has 29 heavy (non-hydrogen) atoms. The Kier molecular flexibility index (Phi) is 5.38. The standard InChI is InChI=1S/C24H23FN2O2/c1-28-20-12-19(13-21(14-20)29-2)27-24(16-7-9-18(25)10-8-16)11-17-15-26-23-6-4-3-5-22(17)23/h3-10,12-15,24,26-27H,11H2,1-2H3. The predicted molar refractivity (Wildman–Crippen MR) is 114 cm³/mol.